The highest BCUT2D eigenvalue weighted by atomic mass is 16.5. The lowest BCUT2D eigenvalue weighted by Crippen LogP contribution is -2.14. The zero-order chi connectivity index (χ0) is 16.7. The number of benzene rings is 1. The number of nitrogens with zero attached hydrogens (tertiary/aromatic N) is 2. The maximum absolute atomic E-state index is 11.6. The highest BCUT2D eigenvalue weighted by Gasteiger charge is 2.06. The average molecular weight is 314 g/mol. The molecule has 2 rings (SSSR count). The van der Waals surface area contributed by atoms with Crippen LogP contribution in [0.4, 0.5) is 17.3 Å². The molecule has 1 atom stereocenters. The quantitative estimate of drug-likeness (QED) is 0.760. The van der Waals surface area contributed by atoms with E-state index < -0.39 is 0 Å². The second-order valence-corrected chi connectivity index (χ2v) is 5.16. The predicted molar refractivity (Wildman–Crippen MR) is 91.1 cm³/mol. The number of hydrogen-bond donors (Lipinski definition) is 2. The van der Waals surface area contributed by atoms with E-state index in [9.17, 15) is 4.79 Å². The highest BCUT2D eigenvalue weighted by Crippen LogP contribution is 2.18. The van der Waals surface area contributed by atoms with E-state index in [0.717, 1.165) is 17.9 Å². The van der Waals surface area contributed by atoms with Crippen molar-refractivity contribution in [1.82, 2.24) is 9.97 Å². The summed E-state index contributed by atoms with van der Waals surface area (Å²) >= 11 is 0. The molecule has 122 valence electrons. The van der Waals surface area contributed by atoms with Gasteiger partial charge in [-0.05, 0) is 44.5 Å². The summed E-state index contributed by atoms with van der Waals surface area (Å²) in [5.41, 5.74) is 1.37. The van der Waals surface area contributed by atoms with Crippen LogP contribution in [0.1, 0.15) is 37.6 Å². The average Bonchev–Trinajstić information content (AvgIpc) is 2.56. The predicted octanol–water partition coefficient (Wildman–Crippen LogP) is 3.61. The van der Waals surface area contributed by atoms with E-state index in [1.165, 1.54) is 6.33 Å². The first-order chi connectivity index (χ1) is 11.1. The first-order valence-corrected chi connectivity index (χ1v) is 7.75. The molecule has 0 fully saturated rings. The van der Waals surface area contributed by atoms with Crippen LogP contribution >= 0.6 is 0 Å². The standard InChI is InChI=1S/C17H22N4O2/c1-4-12(3)20-15-10-16(19-11-18-15)21-14-8-6-13(7-9-14)17(22)23-5-2/h6-12H,4-5H2,1-3H3,(H2,18,19,20,21). The van der Waals surface area contributed by atoms with Gasteiger partial charge in [-0.15, -0.1) is 0 Å². The maximum atomic E-state index is 11.6. The fourth-order valence-electron chi connectivity index (χ4n) is 1.91. The number of carbonyl (C=O) groups excluding carboxylic acids is 1. The summed E-state index contributed by atoms with van der Waals surface area (Å²) in [7, 11) is 0. The van der Waals surface area contributed by atoms with Gasteiger partial charge in [-0.2, -0.15) is 0 Å². The minimum Gasteiger partial charge on any atom is -0.462 e. The van der Waals surface area contributed by atoms with Gasteiger partial charge in [0, 0.05) is 17.8 Å². The molecule has 0 aliphatic heterocycles. The van der Waals surface area contributed by atoms with Crippen molar-refractivity contribution in [2.24, 2.45) is 0 Å². The van der Waals surface area contributed by atoms with Crippen molar-refractivity contribution in [2.45, 2.75) is 33.2 Å². The summed E-state index contributed by atoms with van der Waals surface area (Å²) < 4.78 is 4.96. The van der Waals surface area contributed by atoms with Gasteiger partial charge >= 0.3 is 5.97 Å². The normalized spacial score (nSPS) is 11.6. The van der Waals surface area contributed by atoms with E-state index in [4.69, 9.17) is 4.74 Å². The zero-order valence-electron chi connectivity index (χ0n) is 13.7. The molecule has 0 spiro atoms. The van der Waals surface area contributed by atoms with Crippen molar-refractivity contribution < 1.29 is 9.53 Å². The van der Waals surface area contributed by atoms with E-state index >= 15 is 0 Å². The number of hydrogen-bond acceptors (Lipinski definition) is 6. The zero-order valence-corrected chi connectivity index (χ0v) is 13.7. The van der Waals surface area contributed by atoms with Gasteiger partial charge < -0.3 is 15.4 Å². The van der Waals surface area contributed by atoms with E-state index in [0.29, 0.717) is 24.0 Å². The van der Waals surface area contributed by atoms with E-state index in [-0.39, 0.29) is 5.97 Å². The van der Waals surface area contributed by atoms with E-state index in [1.54, 1.807) is 19.1 Å². The Morgan fingerprint density at radius 2 is 1.87 bits per heavy atom. The van der Waals surface area contributed by atoms with Crippen LogP contribution in [0.3, 0.4) is 0 Å². The lowest BCUT2D eigenvalue weighted by Gasteiger charge is -2.13. The second kappa shape index (κ2) is 8.12. The molecular weight excluding hydrogens is 292 g/mol. The Balaban J connectivity index is 2.04. The van der Waals surface area contributed by atoms with Gasteiger partial charge in [-0.3, -0.25) is 0 Å². The topological polar surface area (TPSA) is 76.1 Å². The fourth-order valence-corrected chi connectivity index (χ4v) is 1.91. The van der Waals surface area contributed by atoms with Crippen LogP contribution in [0.25, 0.3) is 0 Å². The van der Waals surface area contributed by atoms with Gasteiger partial charge in [-0.25, -0.2) is 14.8 Å². The maximum Gasteiger partial charge on any atom is 0.338 e. The number of anilines is 3. The van der Waals surface area contributed by atoms with E-state index in [2.05, 4.69) is 34.4 Å². The summed E-state index contributed by atoms with van der Waals surface area (Å²) in [6, 6.07) is 9.28. The van der Waals surface area contributed by atoms with Crippen molar-refractivity contribution in [3.8, 4) is 0 Å². The monoisotopic (exact) mass is 314 g/mol. The molecule has 1 unspecified atom stereocenters. The summed E-state index contributed by atoms with van der Waals surface area (Å²) in [5, 5.41) is 6.49. The van der Waals surface area contributed by atoms with Gasteiger partial charge in [0.2, 0.25) is 0 Å². The largest absolute Gasteiger partial charge is 0.462 e. The van der Waals surface area contributed by atoms with Gasteiger partial charge in [-0.1, -0.05) is 6.92 Å². The first-order valence-electron chi connectivity index (χ1n) is 7.75. The molecule has 0 amide bonds. The molecule has 0 radical (unpaired) electrons. The summed E-state index contributed by atoms with van der Waals surface area (Å²) in [6.07, 6.45) is 2.53. The van der Waals surface area contributed by atoms with Crippen molar-refractivity contribution in [2.75, 3.05) is 17.2 Å². The SMILES string of the molecule is CCOC(=O)c1ccc(Nc2cc(NC(C)CC)ncn2)cc1. The second-order valence-electron chi connectivity index (χ2n) is 5.16. The highest BCUT2D eigenvalue weighted by molar-refractivity contribution is 5.89. The molecule has 2 N–H and O–H groups in total. The summed E-state index contributed by atoms with van der Waals surface area (Å²) in [5.74, 6) is 1.15. The van der Waals surface area contributed by atoms with Crippen molar-refractivity contribution >= 4 is 23.3 Å². The first kappa shape index (κ1) is 16.7. The Hall–Kier alpha value is -2.63. The molecule has 2 aromatic rings. The number of nitrogens with one attached hydrogen (secondary N) is 2. The third-order valence-electron chi connectivity index (χ3n) is 3.34. The number of ether oxygens (including phenoxy) is 1. The van der Waals surface area contributed by atoms with Crippen LogP contribution in [0.5, 0.6) is 0 Å². The van der Waals surface area contributed by atoms with Crippen LogP contribution < -0.4 is 10.6 Å². The lowest BCUT2D eigenvalue weighted by atomic mass is 10.2. The van der Waals surface area contributed by atoms with Crippen LogP contribution in [-0.4, -0.2) is 28.6 Å². The van der Waals surface area contributed by atoms with Gasteiger partial charge in [0.05, 0.1) is 12.2 Å². The number of aromatic nitrogens is 2. The van der Waals surface area contributed by atoms with Gasteiger partial charge in [0.1, 0.15) is 18.0 Å². The Bertz CT molecular complexity index is 643. The van der Waals surface area contributed by atoms with Crippen LogP contribution in [0, 0.1) is 0 Å². The van der Waals surface area contributed by atoms with Crippen molar-refractivity contribution in [3.63, 3.8) is 0 Å². The molecule has 1 heterocycles. The third-order valence-corrected chi connectivity index (χ3v) is 3.34. The number of rotatable bonds is 7. The Morgan fingerprint density at radius 1 is 1.17 bits per heavy atom. The van der Waals surface area contributed by atoms with Gasteiger partial charge in [0.15, 0.2) is 0 Å². The lowest BCUT2D eigenvalue weighted by molar-refractivity contribution is 0.0526. The Morgan fingerprint density at radius 3 is 2.52 bits per heavy atom. The molecular formula is C17H22N4O2. The summed E-state index contributed by atoms with van der Waals surface area (Å²) in [4.78, 5) is 20.0. The van der Waals surface area contributed by atoms with Crippen LogP contribution in [0.15, 0.2) is 36.7 Å². The number of carbonyl (C=O) groups is 1. The van der Waals surface area contributed by atoms with Crippen molar-refractivity contribution in [3.05, 3.63) is 42.2 Å². The third kappa shape index (κ3) is 4.95. The van der Waals surface area contributed by atoms with E-state index in [1.807, 2.05) is 18.2 Å². The van der Waals surface area contributed by atoms with Crippen LogP contribution in [0.2, 0.25) is 0 Å². The molecule has 23 heavy (non-hydrogen) atoms. The molecule has 0 aliphatic rings. The summed E-state index contributed by atoms with van der Waals surface area (Å²) in [6.45, 7) is 6.37. The molecule has 1 aromatic heterocycles. The minimum absolute atomic E-state index is 0.318. The van der Waals surface area contributed by atoms with Gasteiger partial charge in [0.25, 0.3) is 0 Å². The molecule has 0 aliphatic carbocycles. The van der Waals surface area contributed by atoms with Crippen LogP contribution in [-0.2, 0) is 4.74 Å². The molecule has 6 nitrogen and oxygen atoms in total. The van der Waals surface area contributed by atoms with Crippen molar-refractivity contribution in [1.29, 1.82) is 0 Å². The number of esters is 1. The molecule has 1 aromatic carbocycles. The molecule has 0 saturated carbocycles. The molecule has 0 saturated heterocycles. The molecule has 6 heteroatoms. The molecule has 0 bridgehead atoms. The smallest absolute Gasteiger partial charge is 0.338 e. The Labute approximate surface area is 136 Å². The fraction of sp³-hybridized carbons (Fsp3) is 0.353. The minimum atomic E-state index is -0.318. The Kier molecular flexibility index (Phi) is 5.91.